The number of amides is 1. The molecule has 1 heterocycles. The fourth-order valence-electron chi connectivity index (χ4n) is 1.60. The van der Waals surface area contributed by atoms with Crippen LogP contribution in [0.25, 0.3) is 0 Å². The molecule has 0 saturated heterocycles. The number of hydrogen-bond acceptors (Lipinski definition) is 5. The van der Waals surface area contributed by atoms with Crippen LogP contribution in [-0.2, 0) is 4.79 Å². The Labute approximate surface area is 113 Å². The van der Waals surface area contributed by atoms with Gasteiger partial charge < -0.3 is 5.32 Å². The number of thioether (sulfide) groups is 1. The van der Waals surface area contributed by atoms with Crippen molar-refractivity contribution in [3.8, 4) is 0 Å². The van der Waals surface area contributed by atoms with E-state index < -0.39 is 12.1 Å². The van der Waals surface area contributed by atoms with Crippen LogP contribution in [0.3, 0.4) is 0 Å². The highest BCUT2D eigenvalue weighted by molar-refractivity contribution is 8.01. The van der Waals surface area contributed by atoms with Gasteiger partial charge in [0.25, 0.3) is 0 Å². The Kier molecular flexibility index (Phi) is 4.34. The molecule has 1 aromatic rings. The molecule has 0 aromatic carbocycles. The minimum atomic E-state index is -0.491. The van der Waals surface area contributed by atoms with E-state index in [0.29, 0.717) is 11.6 Å². The average Bonchev–Trinajstić information content (AvgIpc) is 3.01. The van der Waals surface area contributed by atoms with E-state index in [-0.39, 0.29) is 5.91 Å². The van der Waals surface area contributed by atoms with Crippen molar-refractivity contribution in [1.82, 2.24) is 10.2 Å². The Hall–Kier alpha value is -0.950. The number of nitrogens with zero attached hydrogens (tertiary/aromatic N) is 2. The van der Waals surface area contributed by atoms with Gasteiger partial charge in [-0.25, -0.2) is 0 Å². The molecule has 18 heavy (non-hydrogen) atoms. The summed E-state index contributed by atoms with van der Waals surface area (Å²) in [6.07, 6.45) is 3.61. The first kappa shape index (κ1) is 13.5. The van der Waals surface area contributed by atoms with Crippen molar-refractivity contribution in [1.29, 1.82) is 0 Å². The molecule has 0 spiro atoms. The monoisotopic (exact) mass is 287 g/mol. The largest absolute Gasteiger partial charge is 0.300 e. The van der Waals surface area contributed by atoms with Crippen LogP contribution in [0.5, 0.6) is 0 Å². The molecule has 0 aliphatic heterocycles. The van der Waals surface area contributed by atoms with Gasteiger partial charge in [0.1, 0.15) is 0 Å². The molecule has 1 aliphatic rings. The molecule has 1 N–H and O–H groups in total. The van der Waals surface area contributed by atoms with Crippen LogP contribution >= 0.6 is 23.1 Å². The highest BCUT2D eigenvalue weighted by Crippen LogP contribution is 2.49. The van der Waals surface area contributed by atoms with E-state index in [0.717, 1.165) is 22.9 Å². The fraction of sp³-hybridized carbons (Fsp3) is 0.545. The van der Waals surface area contributed by atoms with Crippen molar-refractivity contribution in [2.24, 2.45) is 5.41 Å². The molecule has 0 atom stereocenters. The Morgan fingerprint density at radius 2 is 2.39 bits per heavy atom. The van der Waals surface area contributed by atoms with E-state index in [4.69, 9.17) is 0 Å². The summed E-state index contributed by atoms with van der Waals surface area (Å²) in [5, 5.41) is 11.1. The number of hydrogen-bond donors (Lipinski definition) is 1. The molecule has 7 heteroatoms. The van der Waals surface area contributed by atoms with Gasteiger partial charge in [-0.1, -0.05) is 29.2 Å². The zero-order valence-electron chi connectivity index (χ0n) is 9.82. The second kappa shape index (κ2) is 5.79. The second-order valence-corrected chi connectivity index (χ2v) is 6.39. The molecule has 4 nitrogen and oxygen atoms in total. The normalized spacial score (nSPS) is 16.3. The van der Waals surface area contributed by atoms with E-state index in [2.05, 4.69) is 22.1 Å². The molecule has 1 fully saturated rings. The molecule has 0 unspecified atom stereocenters. The molecular formula is C11H14FN3OS2. The van der Waals surface area contributed by atoms with Crippen molar-refractivity contribution >= 4 is 34.1 Å². The van der Waals surface area contributed by atoms with Crippen molar-refractivity contribution in [2.45, 2.75) is 23.6 Å². The first-order valence-corrected chi connectivity index (χ1v) is 7.45. The lowest BCUT2D eigenvalue weighted by Crippen LogP contribution is -2.24. The van der Waals surface area contributed by atoms with Crippen molar-refractivity contribution < 1.29 is 9.18 Å². The number of nitrogens with one attached hydrogen (secondary N) is 1. The quantitative estimate of drug-likeness (QED) is 0.476. The standard InChI is InChI=1S/C11H14FN3OS2/c1-2-7-17-10-15-14-9(18-10)13-8(16)11(3-4-11)5-6-12/h2H,1,3-7H2,(H,13,14,16). The van der Waals surface area contributed by atoms with E-state index in [1.165, 1.54) is 23.1 Å². The number of carbonyl (C=O) groups is 1. The van der Waals surface area contributed by atoms with Gasteiger partial charge in [-0.2, -0.15) is 0 Å². The summed E-state index contributed by atoms with van der Waals surface area (Å²) in [4.78, 5) is 11.9. The Balaban J connectivity index is 1.91. The molecule has 1 amide bonds. The summed E-state index contributed by atoms with van der Waals surface area (Å²) >= 11 is 2.85. The zero-order valence-corrected chi connectivity index (χ0v) is 11.5. The van der Waals surface area contributed by atoms with Crippen LogP contribution in [0.1, 0.15) is 19.3 Å². The summed E-state index contributed by atoms with van der Waals surface area (Å²) in [5.41, 5.74) is -0.491. The number of alkyl halides is 1. The van der Waals surface area contributed by atoms with Crippen molar-refractivity contribution in [3.63, 3.8) is 0 Å². The van der Waals surface area contributed by atoms with Gasteiger partial charge in [0, 0.05) is 5.75 Å². The lowest BCUT2D eigenvalue weighted by atomic mass is 10.0. The van der Waals surface area contributed by atoms with Gasteiger partial charge in [-0.15, -0.1) is 16.8 Å². The zero-order chi connectivity index (χ0) is 13.0. The first-order chi connectivity index (χ1) is 8.70. The highest BCUT2D eigenvalue weighted by atomic mass is 32.2. The Bertz CT molecular complexity index is 445. The number of aromatic nitrogens is 2. The predicted octanol–water partition coefficient (Wildman–Crippen LogP) is 2.89. The van der Waals surface area contributed by atoms with E-state index in [1.54, 1.807) is 6.08 Å². The topological polar surface area (TPSA) is 54.9 Å². The van der Waals surface area contributed by atoms with Crippen LogP contribution in [0, 0.1) is 5.41 Å². The minimum absolute atomic E-state index is 0.128. The molecule has 2 rings (SSSR count). The maximum atomic E-state index is 12.4. The predicted molar refractivity (Wildman–Crippen MR) is 71.7 cm³/mol. The molecule has 1 aliphatic carbocycles. The van der Waals surface area contributed by atoms with Gasteiger partial charge in [-0.05, 0) is 19.3 Å². The Morgan fingerprint density at radius 3 is 3.00 bits per heavy atom. The molecule has 1 saturated carbocycles. The fourth-order valence-corrected chi connectivity index (χ4v) is 3.11. The molecule has 0 radical (unpaired) electrons. The van der Waals surface area contributed by atoms with Crippen LogP contribution in [0.15, 0.2) is 17.0 Å². The maximum Gasteiger partial charge on any atom is 0.232 e. The summed E-state index contributed by atoms with van der Waals surface area (Å²) in [6, 6.07) is 0. The van der Waals surface area contributed by atoms with Crippen molar-refractivity contribution in [2.75, 3.05) is 17.7 Å². The third-order valence-corrected chi connectivity index (χ3v) is 4.83. The Morgan fingerprint density at radius 1 is 1.61 bits per heavy atom. The number of carbonyl (C=O) groups excluding carboxylic acids is 1. The number of rotatable bonds is 7. The van der Waals surface area contributed by atoms with E-state index >= 15 is 0 Å². The van der Waals surface area contributed by atoms with Gasteiger partial charge in [-0.3, -0.25) is 9.18 Å². The molecule has 1 aromatic heterocycles. The third-order valence-electron chi connectivity index (χ3n) is 2.86. The van der Waals surface area contributed by atoms with E-state index in [9.17, 15) is 9.18 Å². The number of halogens is 1. The maximum absolute atomic E-state index is 12.4. The SMILES string of the molecule is C=CCSc1nnc(NC(=O)C2(CCF)CC2)s1. The van der Waals surface area contributed by atoms with Gasteiger partial charge in [0.05, 0.1) is 12.1 Å². The average molecular weight is 287 g/mol. The van der Waals surface area contributed by atoms with Crippen LogP contribution in [-0.4, -0.2) is 28.5 Å². The summed E-state index contributed by atoms with van der Waals surface area (Å²) in [5.74, 6) is 0.630. The summed E-state index contributed by atoms with van der Waals surface area (Å²) in [7, 11) is 0. The lowest BCUT2D eigenvalue weighted by molar-refractivity contribution is -0.121. The molecule has 98 valence electrons. The second-order valence-electron chi connectivity index (χ2n) is 4.15. The summed E-state index contributed by atoms with van der Waals surface area (Å²) < 4.78 is 13.1. The summed E-state index contributed by atoms with van der Waals surface area (Å²) in [6.45, 7) is 3.17. The minimum Gasteiger partial charge on any atom is -0.300 e. The van der Waals surface area contributed by atoms with Crippen LogP contribution < -0.4 is 5.32 Å². The van der Waals surface area contributed by atoms with Crippen molar-refractivity contribution in [3.05, 3.63) is 12.7 Å². The van der Waals surface area contributed by atoms with Gasteiger partial charge in [0.15, 0.2) is 4.34 Å². The highest BCUT2D eigenvalue weighted by Gasteiger charge is 2.49. The first-order valence-electron chi connectivity index (χ1n) is 5.65. The number of anilines is 1. The van der Waals surface area contributed by atoms with Crippen LogP contribution in [0.4, 0.5) is 9.52 Å². The van der Waals surface area contributed by atoms with Crippen LogP contribution in [0.2, 0.25) is 0 Å². The molecular weight excluding hydrogens is 273 g/mol. The lowest BCUT2D eigenvalue weighted by Gasteiger charge is -2.10. The smallest absolute Gasteiger partial charge is 0.232 e. The van der Waals surface area contributed by atoms with Gasteiger partial charge >= 0.3 is 0 Å². The van der Waals surface area contributed by atoms with Gasteiger partial charge in [0.2, 0.25) is 11.0 Å². The molecule has 0 bridgehead atoms. The van der Waals surface area contributed by atoms with E-state index in [1.807, 2.05) is 0 Å². The third kappa shape index (κ3) is 3.08.